The van der Waals surface area contributed by atoms with E-state index in [9.17, 15) is 26.7 Å². The van der Waals surface area contributed by atoms with Crippen molar-refractivity contribution in [2.45, 2.75) is 43.8 Å². The van der Waals surface area contributed by atoms with E-state index in [-0.39, 0.29) is 49.6 Å². The topological polar surface area (TPSA) is 71.5 Å². The van der Waals surface area contributed by atoms with Crippen LogP contribution in [0.4, 0.5) is 27.8 Å². The molecule has 214 valence electrons. The van der Waals surface area contributed by atoms with E-state index in [0.29, 0.717) is 48.3 Å². The molecule has 4 heterocycles. The van der Waals surface area contributed by atoms with Gasteiger partial charge >= 0.3 is 6.18 Å². The normalized spacial score (nSPS) is 19.1. The average Bonchev–Trinajstić information content (AvgIpc) is 2.93. The first-order valence-corrected chi connectivity index (χ1v) is 13.4. The standard InChI is InChI=1S/C27H27ClF5N5O2/c28-19-2-3-20-18(1-6-23(36-20)38-11-13-40-14-12-38)24(19)22(39)5-4-21(37-9-7-26(29,30)8-10-37)17-15-34-25(35-16-17)27(31,32)33/h1-3,6,15-16,21H,4-5,7-14H2. The molecule has 2 aromatic heterocycles. The van der Waals surface area contributed by atoms with Gasteiger partial charge in [0.2, 0.25) is 5.82 Å². The molecule has 2 fully saturated rings. The molecular formula is C27H27ClF5N5O2. The zero-order chi connectivity index (χ0) is 28.5. The predicted molar refractivity (Wildman–Crippen MR) is 139 cm³/mol. The Labute approximate surface area is 232 Å². The van der Waals surface area contributed by atoms with Crippen LogP contribution in [0.3, 0.4) is 0 Å². The highest BCUT2D eigenvalue weighted by Gasteiger charge is 2.38. The lowest BCUT2D eigenvalue weighted by molar-refractivity contribution is -0.145. The predicted octanol–water partition coefficient (Wildman–Crippen LogP) is 5.97. The summed E-state index contributed by atoms with van der Waals surface area (Å²) in [6, 6.07) is 6.37. The summed E-state index contributed by atoms with van der Waals surface area (Å²) in [7, 11) is 0. The molecule has 0 amide bonds. The van der Waals surface area contributed by atoms with E-state index in [2.05, 4.69) is 14.9 Å². The number of likely N-dealkylation sites (tertiary alicyclic amines) is 1. The van der Waals surface area contributed by atoms with Gasteiger partial charge in [0.1, 0.15) is 5.82 Å². The second-order valence-electron chi connectivity index (χ2n) is 9.97. The Balaban J connectivity index is 1.38. The molecule has 1 aromatic carbocycles. The van der Waals surface area contributed by atoms with E-state index in [4.69, 9.17) is 21.3 Å². The molecule has 0 N–H and O–H groups in total. The van der Waals surface area contributed by atoms with E-state index < -0.39 is 24.0 Å². The van der Waals surface area contributed by atoms with Gasteiger partial charge in [-0.25, -0.2) is 23.7 Å². The summed E-state index contributed by atoms with van der Waals surface area (Å²) in [6.07, 6.45) is -3.23. The molecule has 1 unspecified atom stereocenters. The van der Waals surface area contributed by atoms with Crippen molar-refractivity contribution in [2.24, 2.45) is 0 Å². The number of hydrogen-bond donors (Lipinski definition) is 0. The number of halogens is 6. The van der Waals surface area contributed by atoms with Gasteiger partial charge in [0.25, 0.3) is 5.92 Å². The molecule has 1 atom stereocenters. The second-order valence-corrected chi connectivity index (χ2v) is 10.4. The van der Waals surface area contributed by atoms with Crippen LogP contribution in [-0.4, -0.2) is 71.0 Å². The lowest BCUT2D eigenvalue weighted by atomic mass is 9.94. The van der Waals surface area contributed by atoms with Gasteiger partial charge in [-0.15, -0.1) is 0 Å². The number of morpholine rings is 1. The van der Waals surface area contributed by atoms with E-state index in [1.807, 2.05) is 6.07 Å². The SMILES string of the molecule is O=C(CCC(c1cnc(C(F)(F)F)nc1)N1CCC(F)(F)CC1)c1c(Cl)ccc2nc(N3CCOCC3)ccc12. The number of carbonyl (C=O) groups is 1. The number of piperidine rings is 1. The Morgan fingerprint density at radius 3 is 2.35 bits per heavy atom. The fourth-order valence-corrected chi connectivity index (χ4v) is 5.46. The Bertz CT molecular complexity index is 1360. The number of anilines is 1. The number of pyridine rings is 1. The van der Waals surface area contributed by atoms with Crippen molar-refractivity contribution in [3.05, 3.63) is 58.6 Å². The molecule has 2 aliphatic rings. The number of alkyl halides is 5. The van der Waals surface area contributed by atoms with Gasteiger partial charge in [-0.1, -0.05) is 11.6 Å². The van der Waals surface area contributed by atoms with Gasteiger partial charge in [0.05, 0.1) is 23.8 Å². The molecule has 2 aliphatic heterocycles. The maximum absolute atomic E-state index is 13.8. The number of rotatable bonds is 7. The Morgan fingerprint density at radius 2 is 1.70 bits per heavy atom. The van der Waals surface area contributed by atoms with Crippen molar-refractivity contribution >= 4 is 34.1 Å². The first-order chi connectivity index (χ1) is 19.0. The van der Waals surface area contributed by atoms with Crippen LogP contribution in [0.1, 0.15) is 53.5 Å². The van der Waals surface area contributed by atoms with Crippen LogP contribution in [0.2, 0.25) is 5.02 Å². The van der Waals surface area contributed by atoms with Crippen LogP contribution in [-0.2, 0) is 10.9 Å². The van der Waals surface area contributed by atoms with Crippen LogP contribution in [0, 0.1) is 0 Å². The van der Waals surface area contributed by atoms with Crippen molar-refractivity contribution in [3.8, 4) is 0 Å². The number of aromatic nitrogens is 3. The number of nitrogens with zero attached hydrogens (tertiary/aromatic N) is 5. The minimum absolute atomic E-state index is 0.0239. The molecule has 0 bridgehead atoms. The quantitative estimate of drug-likeness (QED) is 0.251. The largest absolute Gasteiger partial charge is 0.451 e. The molecule has 0 radical (unpaired) electrons. The molecule has 0 spiro atoms. The zero-order valence-corrected chi connectivity index (χ0v) is 22.2. The molecular weight excluding hydrogens is 557 g/mol. The summed E-state index contributed by atoms with van der Waals surface area (Å²) in [5.74, 6) is -3.61. The Morgan fingerprint density at radius 1 is 1.02 bits per heavy atom. The van der Waals surface area contributed by atoms with Crippen LogP contribution < -0.4 is 4.90 Å². The van der Waals surface area contributed by atoms with E-state index in [0.717, 1.165) is 18.2 Å². The number of hydrogen-bond acceptors (Lipinski definition) is 7. The van der Waals surface area contributed by atoms with Crippen molar-refractivity contribution in [3.63, 3.8) is 0 Å². The van der Waals surface area contributed by atoms with Crippen molar-refractivity contribution < 1.29 is 31.5 Å². The first-order valence-electron chi connectivity index (χ1n) is 13.0. The fraction of sp³-hybridized carbons (Fsp3) is 0.481. The minimum atomic E-state index is -4.71. The summed E-state index contributed by atoms with van der Waals surface area (Å²) >= 11 is 6.46. The third-order valence-corrected chi connectivity index (χ3v) is 7.66. The van der Waals surface area contributed by atoms with E-state index >= 15 is 0 Å². The van der Waals surface area contributed by atoms with Crippen molar-refractivity contribution in [2.75, 3.05) is 44.3 Å². The highest BCUT2D eigenvalue weighted by molar-refractivity contribution is 6.35. The Kier molecular flexibility index (Phi) is 8.21. The third-order valence-electron chi connectivity index (χ3n) is 7.34. The summed E-state index contributed by atoms with van der Waals surface area (Å²) in [5, 5.41) is 0.840. The zero-order valence-electron chi connectivity index (χ0n) is 21.4. The third kappa shape index (κ3) is 6.34. The minimum Gasteiger partial charge on any atom is -0.378 e. The molecule has 0 saturated carbocycles. The number of ether oxygens (including phenoxy) is 1. The monoisotopic (exact) mass is 583 g/mol. The molecule has 2 saturated heterocycles. The maximum atomic E-state index is 13.8. The highest BCUT2D eigenvalue weighted by atomic mass is 35.5. The molecule has 40 heavy (non-hydrogen) atoms. The fourth-order valence-electron chi connectivity index (χ4n) is 5.19. The second kappa shape index (κ2) is 11.5. The van der Waals surface area contributed by atoms with Gasteiger partial charge in [-0.05, 0) is 30.7 Å². The van der Waals surface area contributed by atoms with Gasteiger partial charge in [-0.3, -0.25) is 9.69 Å². The number of Topliss-reactive ketones (excluding diaryl/α,β-unsaturated/α-hetero) is 1. The smallest absolute Gasteiger partial charge is 0.378 e. The highest BCUT2D eigenvalue weighted by Crippen LogP contribution is 2.36. The van der Waals surface area contributed by atoms with Crippen molar-refractivity contribution in [1.82, 2.24) is 19.9 Å². The number of ketones is 1. The number of carbonyl (C=O) groups excluding carboxylic acids is 1. The van der Waals surface area contributed by atoms with Gasteiger partial charge in [0, 0.05) is 80.4 Å². The maximum Gasteiger partial charge on any atom is 0.451 e. The lowest BCUT2D eigenvalue weighted by Gasteiger charge is -2.37. The van der Waals surface area contributed by atoms with Gasteiger partial charge in [-0.2, -0.15) is 13.2 Å². The molecule has 3 aromatic rings. The molecule has 13 heteroatoms. The summed E-state index contributed by atoms with van der Waals surface area (Å²) in [6.45, 7) is 2.66. The first kappa shape index (κ1) is 28.6. The Hall–Kier alpha value is -2.96. The van der Waals surface area contributed by atoms with Crippen LogP contribution in [0.5, 0.6) is 0 Å². The lowest BCUT2D eigenvalue weighted by Crippen LogP contribution is -2.41. The van der Waals surface area contributed by atoms with E-state index in [1.54, 1.807) is 23.1 Å². The number of fused-ring (bicyclic) bond motifs is 1. The van der Waals surface area contributed by atoms with Crippen LogP contribution in [0.15, 0.2) is 36.7 Å². The van der Waals surface area contributed by atoms with Crippen LogP contribution in [0.25, 0.3) is 10.9 Å². The molecule has 5 rings (SSSR count). The molecule has 0 aliphatic carbocycles. The van der Waals surface area contributed by atoms with E-state index in [1.165, 1.54) is 0 Å². The van der Waals surface area contributed by atoms with Gasteiger partial charge < -0.3 is 9.64 Å². The van der Waals surface area contributed by atoms with Crippen LogP contribution >= 0.6 is 11.6 Å². The number of benzene rings is 1. The summed E-state index contributed by atoms with van der Waals surface area (Å²) in [4.78, 5) is 29.0. The van der Waals surface area contributed by atoms with Crippen molar-refractivity contribution in [1.29, 1.82) is 0 Å². The average molecular weight is 584 g/mol. The summed E-state index contributed by atoms with van der Waals surface area (Å²) < 4.78 is 72.1. The molecule has 7 nitrogen and oxygen atoms in total. The summed E-state index contributed by atoms with van der Waals surface area (Å²) in [5.41, 5.74) is 1.22. The van der Waals surface area contributed by atoms with Gasteiger partial charge in [0.15, 0.2) is 5.78 Å².